The van der Waals surface area contributed by atoms with E-state index in [0.717, 1.165) is 38.8 Å². The Morgan fingerprint density at radius 3 is 2.50 bits per heavy atom. The minimum Gasteiger partial charge on any atom is -0.465 e. The molecule has 0 amide bonds. The van der Waals surface area contributed by atoms with E-state index in [-0.39, 0.29) is 36.2 Å². The molecule has 1 aliphatic carbocycles. The van der Waals surface area contributed by atoms with Crippen molar-refractivity contribution in [3.63, 3.8) is 0 Å². The topological polar surface area (TPSA) is 133 Å². The van der Waals surface area contributed by atoms with Crippen LogP contribution in [0.15, 0.2) is 41.3 Å². The number of hydrogen-bond acceptors (Lipinski definition) is 7. The minimum absolute atomic E-state index is 0.144. The smallest absolute Gasteiger partial charge is 0.422 e. The largest absolute Gasteiger partial charge is 0.465 e. The zero-order chi connectivity index (χ0) is 27.9. The summed E-state index contributed by atoms with van der Waals surface area (Å²) in [6.07, 6.45) is -1.59. The zero-order valence-corrected chi connectivity index (χ0v) is 21.1. The number of anilines is 2. The quantitative estimate of drug-likeness (QED) is 0.342. The highest BCUT2D eigenvalue weighted by Gasteiger charge is 2.66. The van der Waals surface area contributed by atoms with E-state index in [0.29, 0.717) is 11.2 Å². The van der Waals surface area contributed by atoms with E-state index in [9.17, 15) is 33.1 Å². The van der Waals surface area contributed by atoms with E-state index in [1.807, 2.05) is 0 Å². The maximum atomic E-state index is 14.2. The monoisotopic (exact) mass is 531 g/mol. The molecule has 1 aliphatic rings. The van der Waals surface area contributed by atoms with Crippen LogP contribution in [0.4, 0.5) is 24.7 Å². The molecule has 2 unspecified atom stereocenters. The molecular weight excluding hydrogens is 503 g/mol. The predicted molar refractivity (Wildman–Crippen MR) is 132 cm³/mol. The molecule has 3 N–H and O–H groups in total. The zero-order valence-electron chi connectivity index (χ0n) is 21.1. The fraction of sp³-hybridized carbons (Fsp3) is 0.462. The molecule has 2 aromatic heterocycles. The van der Waals surface area contributed by atoms with E-state index < -0.39 is 34.3 Å². The molecule has 1 fully saturated rings. The van der Waals surface area contributed by atoms with Crippen LogP contribution in [0.25, 0.3) is 10.9 Å². The van der Waals surface area contributed by atoms with Crippen LogP contribution in [0.2, 0.25) is 0 Å². The van der Waals surface area contributed by atoms with Crippen molar-refractivity contribution in [1.82, 2.24) is 14.8 Å². The summed E-state index contributed by atoms with van der Waals surface area (Å²) in [7, 11) is 0. The Morgan fingerprint density at radius 2 is 1.95 bits per heavy atom. The molecule has 2 heterocycles. The third kappa shape index (κ3) is 4.51. The van der Waals surface area contributed by atoms with Gasteiger partial charge < -0.3 is 20.1 Å². The number of alkyl halides is 3. The molecule has 2 atom stereocenters. The molecule has 9 nitrogen and oxygen atoms in total. The summed E-state index contributed by atoms with van der Waals surface area (Å²) in [6.45, 7) is 3.28. The number of ether oxygens (including phenoxy) is 1. The summed E-state index contributed by atoms with van der Waals surface area (Å²) in [5.74, 6) is -0.746. The summed E-state index contributed by atoms with van der Waals surface area (Å²) in [5, 5.41) is 28.0. The normalized spacial score (nSPS) is 16.5. The molecule has 1 aromatic carbocycles. The number of halogens is 3. The highest BCUT2D eigenvalue weighted by Crippen LogP contribution is 2.51. The van der Waals surface area contributed by atoms with Gasteiger partial charge in [0.15, 0.2) is 5.82 Å². The van der Waals surface area contributed by atoms with Gasteiger partial charge in [-0.15, -0.1) is 0 Å². The first kappa shape index (κ1) is 27.2. The number of nitrogens with zero attached hydrogens (tertiary/aromatic N) is 3. The molecule has 1 saturated carbocycles. The molecule has 0 spiro atoms. The number of hydrogen-bond donors (Lipinski definition) is 3. The lowest BCUT2D eigenvalue weighted by molar-refractivity contribution is -0.303. The van der Waals surface area contributed by atoms with E-state index >= 15 is 0 Å². The summed E-state index contributed by atoms with van der Waals surface area (Å²) < 4.78 is 49.1. The Balaban J connectivity index is 1.72. The molecule has 0 radical (unpaired) electrons. The Kier molecular flexibility index (Phi) is 7.01. The van der Waals surface area contributed by atoms with E-state index in [1.165, 1.54) is 25.3 Å². The van der Waals surface area contributed by atoms with Crippen LogP contribution >= 0.6 is 0 Å². The molecule has 0 bridgehead atoms. The van der Waals surface area contributed by atoms with Gasteiger partial charge in [-0.2, -0.15) is 23.5 Å². The number of fused-ring (bicyclic) bond motifs is 1. The van der Waals surface area contributed by atoms with E-state index in [4.69, 9.17) is 4.74 Å². The SMILES string of the molecule is CCOC(=O)C(C)(C)C(O)(c1ccc(Nc2nn(C(CC#N)C3CC3)c3cc[nH]c(=O)c23)cc1)C(F)(F)F. The lowest BCUT2D eigenvalue weighted by Gasteiger charge is -2.42. The van der Waals surface area contributed by atoms with Crippen LogP contribution in [0.1, 0.15) is 51.6 Å². The van der Waals surface area contributed by atoms with Gasteiger partial charge in [-0.05, 0) is 63.3 Å². The van der Waals surface area contributed by atoms with Crippen molar-refractivity contribution in [3.05, 3.63) is 52.4 Å². The standard InChI is InChI=1S/C26H28F3N5O4/c1-4-38-23(36)24(2,3)25(37,26(27,28)29)16-7-9-17(10-8-16)32-21-20-19(12-14-31-22(20)35)34(33-21)18(11-13-30)15-5-6-15/h7-10,12,14-15,18,37H,4-6,11H2,1-3H3,(H,31,35)(H,32,33). The second-order valence-electron chi connectivity index (χ2n) is 9.88. The average molecular weight is 532 g/mol. The van der Waals surface area contributed by atoms with Crippen molar-refractivity contribution < 1.29 is 27.8 Å². The first-order valence-electron chi connectivity index (χ1n) is 12.2. The second-order valence-corrected chi connectivity index (χ2v) is 9.88. The van der Waals surface area contributed by atoms with Gasteiger partial charge in [0, 0.05) is 11.9 Å². The van der Waals surface area contributed by atoms with Crippen LogP contribution in [-0.2, 0) is 15.1 Å². The fourth-order valence-electron chi connectivity index (χ4n) is 4.74. The van der Waals surface area contributed by atoms with Crippen LogP contribution in [0, 0.1) is 22.7 Å². The van der Waals surface area contributed by atoms with Crippen molar-refractivity contribution >= 4 is 28.4 Å². The minimum atomic E-state index is -5.20. The molecule has 38 heavy (non-hydrogen) atoms. The number of carbonyl (C=O) groups is 1. The molecule has 0 aliphatic heterocycles. The van der Waals surface area contributed by atoms with Gasteiger partial charge in [0.2, 0.25) is 5.60 Å². The second kappa shape index (κ2) is 9.79. The number of esters is 1. The average Bonchev–Trinajstić information content (AvgIpc) is 3.64. The number of aromatic nitrogens is 3. The maximum Gasteiger partial charge on any atom is 0.422 e. The lowest BCUT2D eigenvalue weighted by atomic mass is 9.70. The summed E-state index contributed by atoms with van der Waals surface area (Å²) in [4.78, 5) is 27.7. The number of H-pyrrole nitrogens is 1. The highest BCUT2D eigenvalue weighted by atomic mass is 19.4. The number of rotatable bonds is 9. The van der Waals surface area contributed by atoms with E-state index in [2.05, 4.69) is 21.5 Å². The first-order valence-corrected chi connectivity index (χ1v) is 12.2. The van der Waals surface area contributed by atoms with E-state index in [1.54, 1.807) is 10.7 Å². The van der Waals surface area contributed by atoms with Crippen LogP contribution in [0.3, 0.4) is 0 Å². The van der Waals surface area contributed by atoms with Crippen LogP contribution in [0.5, 0.6) is 0 Å². The summed E-state index contributed by atoms with van der Waals surface area (Å²) in [6, 6.07) is 8.35. The van der Waals surface area contributed by atoms with Crippen molar-refractivity contribution in [3.8, 4) is 6.07 Å². The van der Waals surface area contributed by atoms with Gasteiger partial charge in [-0.3, -0.25) is 14.3 Å². The van der Waals surface area contributed by atoms with Gasteiger partial charge in [0.1, 0.15) is 10.8 Å². The van der Waals surface area contributed by atoms with Crippen molar-refractivity contribution in [2.24, 2.45) is 11.3 Å². The number of pyridine rings is 1. The van der Waals surface area contributed by atoms with Crippen molar-refractivity contribution in [2.75, 3.05) is 11.9 Å². The summed E-state index contributed by atoms with van der Waals surface area (Å²) >= 11 is 0. The molecule has 202 valence electrons. The first-order chi connectivity index (χ1) is 17.9. The molecular formula is C26H28F3N5O4. The number of nitrogens with one attached hydrogen (secondary N) is 2. The lowest BCUT2D eigenvalue weighted by Crippen LogP contribution is -2.57. The number of benzene rings is 1. The Bertz CT molecular complexity index is 1430. The van der Waals surface area contributed by atoms with Crippen LogP contribution < -0.4 is 10.9 Å². The van der Waals surface area contributed by atoms with Gasteiger partial charge in [-0.1, -0.05) is 12.1 Å². The van der Waals surface area contributed by atoms with Gasteiger partial charge in [-0.25, -0.2) is 0 Å². The number of carbonyl (C=O) groups excluding carboxylic acids is 1. The number of nitriles is 1. The maximum absolute atomic E-state index is 14.2. The third-order valence-corrected chi connectivity index (χ3v) is 7.08. The third-order valence-electron chi connectivity index (χ3n) is 7.08. The fourth-order valence-corrected chi connectivity index (χ4v) is 4.74. The van der Waals surface area contributed by atoms with Crippen LogP contribution in [-0.4, -0.2) is 38.6 Å². The van der Waals surface area contributed by atoms with Gasteiger partial charge in [0.05, 0.1) is 30.7 Å². The molecule has 4 rings (SSSR count). The highest BCUT2D eigenvalue weighted by molar-refractivity contribution is 5.91. The Hall–Kier alpha value is -3.85. The van der Waals surface area contributed by atoms with Gasteiger partial charge >= 0.3 is 12.1 Å². The number of aromatic amines is 1. The molecule has 3 aromatic rings. The molecule has 12 heteroatoms. The van der Waals surface area contributed by atoms with Crippen molar-refractivity contribution in [1.29, 1.82) is 5.26 Å². The number of aliphatic hydroxyl groups is 1. The van der Waals surface area contributed by atoms with Gasteiger partial charge in [0.25, 0.3) is 5.56 Å². The Labute approximate surface area is 216 Å². The van der Waals surface area contributed by atoms with Crippen molar-refractivity contribution in [2.45, 2.75) is 57.9 Å². The summed E-state index contributed by atoms with van der Waals surface area (Å²) in [5.41, 5.74) is -6.03. The Morgan fingerprint density at radius 1 is 1.29 bits per heavy atom. The molecule has 0 saturated heterocycles. The predicted octanol–water partition coefficient (Wildman–Crippen LogP) is 4.67.